The molecule has 0 fully saturated rings. The van der Waals surface area contributed by atoms with Crippen LogP contribution in [0.3, 0.4) is 0 Å². The van der Waals surface area contributed by atoms with Crippen LogP contribution in [0, 0.1) is 18.3 Å². The minimum atomic E-state index is 0.304. The van der Waals surface area contributed by atoms with Gasteiger partial charge in [0.2, 0.25) is 5.95 Å². The van der Waals surface area contributed by atoms with E-state index in [-0.39, 0.29) is 0 Å². The van der Waals surface area contributed by atoms with E-state index in [0.717, 1.165) is 24.5 Å². The summed E-state index contributed by atoms with van der Waals surface area (Å²) in [6.45, 7) is 14.9. The number of anilines is 2. The maximum atomic E-state index is 4.48. The Labute approximate surface area is 111 Å². The van der Waals surface area contributed by atoms with Crippen LogP contribution >= 0.6 is 0 Å². The number of rotatable bonds is 5. The van der Waals surface area contributed by atoms with Gasteiger partial charge in [0, 0.05) is 24.8 Å². The molecule has 0 saturated heterocycles. The van der Waals surface area contributed by atoms with Gasteiger partial charge in [-0.05, 0) is 25.2 Å². The maximum Gasteiger partial charge on any atom is 0.224 e. The number of hydrogen-bond acceptors (Lipinski definition) is 4. The van der Waals surface area contributed by atoms with Crippen molar-refractivity contribution in [2.24, 2.45) is 11.3 Å². The fraction of sp³-hybridized carbons (Fsp3) is 0.714. The van der Waals surface area contributed by atoms with E-state index in [9.17, 15) is 0 Å². The minimum absolute atomic E-state index is 0.304. The van der Waals surface area contributed by atoms with Gasteiger partial charge in [-0.25, -0.2) is 4.98 Å². The van der Waals surface area contributed by atoms with E-state index in [4.69, 9.17) is 0 Å². The van der Waals surface area contributed by atoms with Gasteiger partial charge in [0.25, 0.3) is 0 Å². The van der Waals surface area contributed by atoms with Crippen molar-refractivity contribution < 1.29 is 0 Å². The van der Waals surface area contributed by atoms with Crippen LogP contribution < -0.4 is 10.6 Å². The summed E-state index contributed by atoms with van der Waals surface area (Å²) in [5.41, 5.74) is 1.39. The molecule has 0 spiro atoms. The van der Waals surface area contributed by atoms with Crippen molar-refractivity contribution in [3.63, 3.8) is 0 Å². The third-order valence-corrected chi connectivity index (χ3v) is 3.36. The van der Waals surface area contributed by atoms with Crippen molar-refractivity contribution in [2.75, 3.05) is 23.7 Å². The molecule has 1 atom stereocenters. The molecule has 1 heterocycles. The van der Waals surface area contributed by atoms with Crippen LogP contribution in [0.15, 0.2) is 6.20 Å². The summed E-state index contributed by atoms with van der Waals surface area (Å²) >= 11 is 0. The van der Waals surface area contributed by atoms with Crippen LogP contribution in [-0.4, -0.2) is 23.1 Å². The van der Waals surface area contributed by atoms with Crippen molar-refractivity contribution in [2.45, 2.75) is 41.5 Å². The molecule has 0 saturated carbocycles. The summed E-state index contributed by atoms with van der Waals surface area (Å²) in [7, 11) is 0. The monoisotopic (exact) mass is 250 g/mol. The number of nitrogens with one attached hydrogen (secondary N) is 2. The first-order valence-corrected chi connectivity index (χ1v) is 6.66. The van der Waals surface area contributed by atoms with Crippen LogP contribution in [-0.2, 0) is 0 Å². The molecule has 1 unspecified atom stereocenters. The first-order chi connectivity index (χ1) is 8.34. The van der Waals surface area contributed by atoms with Gasteiger partial charge in [-0.1, -0.05) is 27.7 Å². The van der Waals surface area contributed by atoms with E-state index in [1.54, 1.807) is 0 Å². The molecule has 0 aromatic carbocycles. The van der Waals surface area contributed by atoms with Crippen LogP contribution in [0.4, 0.5) is 11.8 Å². The summed E-state index contributed by atoms with van der Waals surface area (Å²) in [5.74, 6) is 2.19. The Hall–Kier alpha value is -1.32. The van der Waals surface area contributed by atoms with Gasteiger partial charge in [0.05, 0.1) is 0 Å². The van der Waals surface area contributed by atoms with Gasteiger partial charge >= 0.3 is 0 Å². The van der Waals surface area contributed by atoms with Crippen molar-refractivity contribution >= 4 is 11.8 Å². The van der Waals surface area contributed by atoms with Gasteiger partial charge in [-0.3, -0.25) is 0 Å². The predicted molar refractivity (Wildman–Crippen MR) is 78.0 cm³/mol. The molecule has 1 aromatic heterocycles. The summed E-state index contributed by atoms with van der Waals surface area (Å²) < 4.78 is 0. The quantitative estimate of drug-likeness (QED) is 0.841. The fourth-order valence-electron chi connectivity index (χ4n) is 1.42. The average molecular weight is 250 g/mol. The molecule has 0 radical (unpaired) electrons. The highest BCUT2D eigenvalue weighted by molar-refractivity contribution is 5.46. The largest absolute Gasteiger partial charge is 0.369 e. The minimum Gasteiger partial charge on any atom is -0.369 e. The molecule has 0 aliphatic rings. The van der Waals surface area contributed by atoms with E-state index in [1.807, 2.05) is 20.0 Å². The van der Waals surface area contributed by atoms with Crippen LogP contribution in [0.5, 0.6) is 0 Å². The standard InChI is InChI=1S/C14H26N4/c1-7-15-13-17-8-10(2)12(18-13)16-9-11(3)14(4,5)6/h8,11H,7,9H2,1-6H3,(H2,15,16,17,18). The summed E-state index contributed by atoms with van der Waals surface area (Å²) in [5, 5.41) is 6.56. The summed E-state index contributed by atoms with van der Waals surface area (Å²) in [6, 6.07) is 0. The average Bonchev–Trinajstić information content (AvgIpc) is 2.28. The smallest absolute Gasteiger partial charge is 0.224 e. The Balaban J connectivity index is 2.69. The molecule has 0 aliphatic heterocycles. The molecular formula is C14H26N4. The summed E-state index contributed by atoms with van der Waals surface area (Å²) in [4.78, 5) is 8.73. The normalized spacial score (nSPS) is 13.2. The second kappa shape index (κ2) is 6.03. The molecular weight excluding hydrogens is 224 g/mol. The molecule has 102 valence electrons. The SMILES string of the molecule is CCNc1ncc(C)c(NCC(C)C(C)(C)C)n1. The Bertz CT molecular complexity index is 382. The van der Waals surface area contributed by atoms with E-state index < -0.39 is 0 Å². The molecule has 4 nitrogen and oxygen atoms in total. The van der Waals surface area contributed by atoms with Gasteiger partial charge in [-0.15, -0.1) is 0 Å². The lowest BCUT2D eigenvalue weighted by Crippen LogP contribution is -2.25. The van der Waals surface area contributed by atoms with E-state index in [2.05, 4.69) is 48.3 Å². The first kappa shape index (κ1) is 14.7. The zero-order valence-electron chi connectivity index (χ0n) is 12.5. The van der Waals surface area contributed by atoms with Gasteiger partial charge < -0.3 is 10.6 Å². The van der Waals surface area contributed by atoms with E-state index >= 15 is 0 Å². The van der Waals surface area contributed by atoms with Crippen LogP contribution in [0.1, 0.15) is 40.2 Å². The molecule has 2 N–H and O–H groups in total. The van der Waals surface area contributed by atoms with Crippen molar-refractivity contribution in [3.8, 4) is 0 Å². The van der Waals surface area contributed by atoms with Gasteiger partial charge in [0.1, 0.15) is 5.82 Å². The lowest BCUT2D eigenvalue weighted by molar-refractivity contribution is 0.274. The summed E-state index contributed by atoms with van der Waals surface area (Å²) in [6.07, 6.45) is 1.86. The lowest BCUT2D eigenvalue weighted by Gasteiger charge is -2.27. The Morgan fingerprint density at radius 3 is 2.50 bits per heavy atom. The van der Waals surface area contributed by atoms with Gasteiger partial charge in [0.15, 0.2) is 0 Å². The molecule has 18 heavy (non-hydrogen) atoms. The van der Waals surface area contributed by atoms with Gasteiger partial charge in [-0.2, -0.15) is 4.98 Å². The molecule has 0 amide bonds. The zero-order valence-corrected chi connectivity index (χ0v) is 12.5. The highest BCUT2D eigenvalue weighted by Gasteiger charge is 2.19. The third-order valence-electron chi connectivity index (χ3n) is 3.36. The number of hydrogen-bond donors (Lipinski definition) is 2. The molecule has 1 rings (SSSR count). The number of aryl methyl sites for hydroxylation is 1. The second-order valence-electron chi connectivity index (χ2n) is 5.90. The third kappa shape index (κ3) is 4.17. The highest BCUT2D eigenvalue weighted by atomic mass is 15.1. The maximum absolute atomic E-state index is 4.48. The van der Waals surface area contributed by atoms with Crippen LogP contribution in [0.25, 0.3) is 0 Å². The Morgan fingerprint density at radius 1 is 1.28 bits per heavy atom. The van der Waals surface area contributed by atoms with E-state index in [0.29, 0.717) is 17.3 Å². The molecule has 0 aliphatic carbocycles. The van der Waals surface area contributed by atoms with E-state index in [1.165, 1.54) is 0 Å². The molecule has 0 bridgehead atoms. The topological polar surface area (TPSA) is 49.8 Å². The Morgan fingerprint density at radius 2 is 1.94 bits per heavy atom. The first-order valence-electron chi connectivity index (χ1n) is 6.66. The number of nitrogens with zero attached hydrogens (tertiary/aromatic N) is 2. The van der Waals surface area contributed by atoms with Crippen molar-refractivity contribution in [1.29, 1.82) is 0 Å². The van der Waals surface area contributed by atoms with Crippen LogP contribution in [0.2, 0.25) is 0 Å². The Kier molecular flexibility index (Phi) is 4.93. The molecule has 4 heteroatoms. The fourth-order valence-corrected chi connectivity index (χ4v) is 1.42. The van der Waals surface area contributed by atoms with Crippen molar-refractivity contribution in [1.82, 2.24) is 9.97 Å². The predicted octanol–water partition coefficient (Wildman–Crippen LogP) is 3.31. The second-order valence-corrected chi connectivity index (χ2v) is 5.90. The zero-order chi connectivity index (χ0) is 13.8. The number of aromatic nitrogens is 2. The lowest BCUT2D eigenvalue weighted by atomic mass is 9.82. The van der Waals surface area contributed by atoms with Crippen molar-refractivity contribution in [3.05, 3.63) is 11.8 Å². The highest BCUT2D eigenvalue weighted by Crippen LogP contribution is 2.25. The molecule has 1 aromatic rings.